The van der Waals surface area contributed by atoms with Gasteiger partial charge in [0.05, 0.1) is 12.3 Å². The third kappa shape index (κ3) is 3.73. The van der Waals surface area contributed by atoms with Gasteiger partial charge in [-0.05, 0) is 65.7 Å². The molecule has 0 N–H and O–H groups in total. The lowest BCUT2D eigenvalue weighted by Crippen LogP contribution is -2.05. The lowest BCUT2D eigenvalue weighted by atomic mass is 10.1. The second kappa shape index (κ2) is 7.44. The lowest BCUT2D eigenvalue weighted by molar-refractivity contribution is 0.343. The van der Waals surface area contributed by atoms with Gasteiger partial charge in [-0.1, -0.05) is 23.9 Å². The molecule has 3 rings (SSSR count). The number of thioether (sulfide) groups is 1. The number of benzene rings is 2. The molecule has 1 aromatic heterocycles. The van der Waals surface area contributed by atoms with Gasteiger partial charge < -0.3 is 4.74 Å². The fourth-order valence-electron chi connectivity index (χ4n) is 2.21. The Morgan fingerprint density at radius 1 is 1.12 bits per heavy atom. The Balaban J connectivity index is 1.62. The second-order valence-corrected chi connectivity index (χ2v) is 6.31. The molecule has 0 fully saturated rings. The molecule has 5 nitrogen and oxygen atoms in total. The maximum absolute atomic E-state index is 12.8. The van der Waals surface area contributed by atoms with Crippen molar-refractivity contribution in [1.82, 2.24) is 20.2 Å². The predicted molar refractivity (Wildman–Crippen MR) is 91.2 cm³/mol. The molecular weight excluding hydrogens is 327 g/mol. The molecule has 3 aromatic rings. The van der Waals surface area contributed by atoms with Crippen molar-refractivity contribution < 1.29 is 9.13 Å². The van der Waals surface area contributed by atoms with Crippen LogP contribution in [0.15, 0.2) is 47.6 Å². The molecule has 0 radical (unpaired) electrons. The molecule has 0 aliphatic carbocycles. The maximum Gasteiger partial charge on any atom is 0.214 e. The molecule has 7 heteroatoms. The molecule has 0 atom stereocenters. The van der Waals surface area contributed by atoms with E-state index in [9.17, 15) is 4.39 Å². The Hall–Kier alpha value is -2.41. The van der Waals surface area contributed by atoms with Crippen LogP contribution < -0.4 is 4.74 Å². The molecular formula is C17H17FN4OS. The fraction of sp³-hybridized carbons (Fsp3) is 0.235. The summed E-state index contributed by atoms with van der Waals surface area (Å²) in [5.74, 6) is 1.05. The maximum atomic E-state index is 12.8. The van der Waals surface area contributed by atoms with Gasteiger partial charge >= 0.3 is 0 Å². The minimum atomic E-state index is -0.274. The number of tetrazole rings is 1. The number of ether oxygens (including phenoxy) is 1. The largest absolute Gasteiger partial charge is 0.493 e. The summed E-state index contributed by atoms with van der Waals surface area (Å²) in [6.45, 7) is 4.60. The zero-order valence-electron chi connectivity index (χ0n) is 13.4. The van der Waals surface area contributed by atoms with E-state index >= 15 is 0 Å². The number of aryl methyl sites for hydroxylation is 1. The van der Waals surface area contributed by atoms with Crippen molar-refractivity contribution in [2.45, 2.75) is 19.0 Å². The van der Waals surface area contributed by atoms with Gasteiger partial charge in [0.2, 0.25) is 5.16 Å². The van der Waals surface area contributed by atoms with Gasteiger partial charge in [-0.2, -0.15) is 4.68 Å². The van der Waals surface area contributed by atoms with Gasteiger partial charge in [-0.3, -0.25) is 0 Å². The summed E-state index contributed by atoms with van der Waals surface area (Å²) in [5, 5.41) is 12.7. The molecule has 0 aliphatic rings. The Bertz CT molecular complexity index is 820. The summed E-state index contributed by atoms with van der Waals surface area (Å²) in [6, 6.07) is 12.0. The highest BCUT2D eigenvalue weighted by atomic mass is 32.2. The third-order valence-corrected chi connectivity index (χ3v) is 4.53. The molecule has 0 bridgehead atoms. The summed E-state index contributed by atoms with van der Waals surface area (Å²) in [5.41, 5.74) is 3.31. The van der Waals surface area contributed by atoms with Gasteiger partial charge in [-0.15, -0.1) is 5.10 Å². The monoisotopic (exact) mass is 344 g/mol. The van der Waals surface area contributed by atoms with Crippen LogP contribution in [-0.2, 0) is 0 Å². The van der Waals surface area contributed by atoms with Gasteiger partial charge in [0.15, 0.2) is 0 Å². The smallest absolute Gasteiger partial charge is 0.214 e. The number of hydrogen-bond acceptors (Lipinski definition) is 5. The van der Waals surface area contributed by atoms with Crippen LogP contribution >= 0.6 is 11.8 Å². The van der Waals surface area contributed by atoms with Crippen molar-refractivity contribution in [2.24, 2.45) is 0 Å². The summed E-state index contributed by atoms with van der Waals surface area (Å²) >= 11 is 1.51. The molecule has 1 heterocycles. The molecule has 24 heavy (non-hydrogen) atoms. The van der Waals surface area contributed by atoms with E-state index in [2.05, 4.69) is 35.4 Å². The van der Waals surface area contributed by atoms with Gasteiger partial charge in [0, 0.05) is 5.75 Å². The molecule has 0 aliphatic heterocycles. The van der Waals surface area contributed by atoms with E-state index < -0.39 is 0 Å². The SMILES string of the molecule is Cc1cccc(-n2nnnc2SCCOc2ccc(F)cc2)c1C. The van der Waals surface area contributed by atoms with Crippen molar-refractivity contribution in [1.29, 1.82) is 0 Å². The number of halogens is 1. The first-order valence-corrected chi connectivity index (χ1v) is 8.50. The van der Waals surface area contributed by atoms with Crippen molar-refractivity contribution in [3.8, 4) is 11.4 Å². The first kappa shape index (κ1) is 16.4. The van der Waals surface area contributed by atoms with E-state index in [0.717, 1.165) is 11.3 Å². The summed E-state index contributed by atoms with van der Waals surface area (Å²) < 4.78 is 20.2. The van der Waals surface area contributed by atoms with Gasteiger partial charge in [-0.25, -0.2) is 4.39 Å². The Morgan fingerprint density at radius 3 is 2.71 bits per heavy atom. The highest BCUT2D eigenvalue weighted by molar-refractivity contribution is 7.99. The first-order valence-electron chi connectivity index (χ1n) is 7.51. The average Bonchev–Trinajstić information content (AvgIpc) is 3.04. The van der Waals surface area contributed by atoms with Crippen LogP contribution in [0, 0.1) is 19.7 Å². The van der Waals surface area contributed by atoms with Crippen LogP contribution in [0.1, 0.15) is 11.1 Å². The first-order chi connectivity index (χ1) is 11.6. The third-order valence-electron chi connectivity index (χ3n) is 3.64. The van der Waals surface area contributed by atoms with Crippen molar-refractivity contribution >= 4 is 11.8 Å². The summed E-state index contributed by atoms with van der Waals surface area (Å²) in [6.07, 6.45) is 0. The van der Waals surface area contributed by atoms with E-state index in [0.29, 0.717) is 23.3 Å². The summed E-state index contributed by atoms with van der Waals surface area (Å²) in [7, 11) is 0. The fourth-order valence-corrected chi connectivity index (χ4v) is 2.91. The molecule has 0 spiro atoms. The number of hydrogen-bond donors (Lipinski definition) is 0. The highest BCUT2D eigenvalue weighted by Crippen LogP contribution is 2.22. The molecule has 124 valence electrons. The summed E-state index contributed by atoms with van der Waals surface area (Å²) in [4.78, 5) is 0. The van der Waals surface area contributed by atoms with E-state index in [1.54, 1.807) is 16.8 Å². The van der Waals surface area contributed by atoms with Crippen LogP contribution in [0.4, 0.5) is 4.39 Å². The van der Waals surface area contributed by atoms with Crippen LogP contribution in [0.5, 0.6) is 5.75 Å². The quantitative estimate of drug-likeness (QED) is 0.505. The lowest BCUT2D eigenvalue weighted by Gasteiger charge is -2.10. The van der Waals surface area contributed by atoms with E-state index in [1.165, 1.54) is 29.5 Å². The minimum absolute atomic E-state index is 0.274. The second-order valence-electron chi connectivity index (χ2n) is 5.24. The number of nitrogens with zero attached hydrogens (tertiary/aromatic N) is 4. The minimum Gasteiger partial charge on any atom is -0.493 e. The van der Waals surface area contributed by atoms with E-state index in [-0.39, 0.29) is 5.82 Å². The molecule has 0 unspecified atom stereocenters. The van der Waals surface area contributed by atoms with Crippen LogP contribution in [0.25, 0.3) is 5.69 Å². The Morgan fingerprint density at radius 2 is 1.92 bits per heavy atom. The highest BCUT2D eigenvalue weighted by Gasteiger charge is 2.11. The standard InChI is InChI=1S/C17H17FN4OS/c1-12-4-3-5-16(13(12)2)22-17(19-20-21-22)24-11-10-23-15-8-6-14(18)7-9-15/h3-9H,10-11H2,1-2H3. The van der Waals surface area contributed by atoms with Gasteiger partial charge in [0.1, 0.15) is 11.6 Å². The van der Waals surface area contributed by atoms with Crippen molar-refractivity contribution in [3.05, 3.63) is 59.4 Å². The molecule has 0 saturated heterocycles. The number of rotatable bonds is 6. The molecule has 2 aromatic carbocycles. The van der Waals surface area contributed by atoms with Crippen LogP contribution in [0.2, 0.25) is 0 Å². The Labute approximate surface area is 143 Å². The van der Waals surface area contributed by atoms with Crippen LogP contribution in [0.3, 0.4) is 0 Å². The van der Waals surface area contributed by atoms with E-state index in [4.69, 9.17) is 4.74 Å². The predicted octanol–water partition coefficient (Wildman–Crippen LogP) is 3.59. The zero-order chi connectivity index (χ0) is 16.9. The van der Waals surface area contributed by atoms with Crippen molar-refractivity contribution in [3.63, 3.8) is 0 Å². The number of aromatic nitrogens is 4. The van der Waals surface area contributed by atoms with Crippen LogP contribution in [-0.4, -0.2) is 32.6 Å². The van der Waals surface area contributed by atoms with E-state index in [1.807, 2.05) is 12.1 Å². The normalized spacial score (nSPS) is 10.8. The van der Waals surface area contributed by atoms with Crippen molar-refractivity contribution in [2.75, 3.05) is 12.4 Å². The van der Waals surface area contributed by atoms with Gasteiger partial charge in [0.25, 0.3) is 0 Å². The average molecular weight is 344 g/mol. The molecule has 0 saturated carbocycles. The molecule has 0 amide bonds. The Kier molecular flexibility index (Phi) is 5.10. The topological polar surface area (TPSA) is 52.8 Å². The zero-order valence-corrected chi connectivity index (χ0v) is 14.3.